The highest BCUT2D eigenvalue weighted by Crippen LogP contribution is 2.12. The van der Waals surface area contributed by atoms with Crippen LogP contribution in [0.5, 0.6) is 0 Å². The molecule has 0 saturated carbocycles. The van der Waals surface area contributed by atoms with Crippen molar-refractivity contribution in [3.8, 4) is 0 Å². The van der Waals surface area contributed by atoms with Crippen molar-refractivity contribution in [3.63, 3.8) is 0 Å². The molecule has 2 nitrogen and oxygen atoms in total. The van der Waals surface area contributed by atoms with E-state index in [2.05, 4.69) is 17.4 Å². The van der Waals surface area contributed by atoms with E-state index < -0.39 is 0 Å². The lowest BCUT2D eigenvalue weighted by molar-refractivity contribution is 0.201. The average Bonchev–Trinajstić information content (AvgIpc) is 2.39. The minimum absolute atomic E-state index is 0.750. The molecule has 1 N–H and O–H groups in total. The number of hydrogen-bond donors (Lipinski definition) is 1. The fourth-order valence-corrected chi connectivity index (χ4v) is 1.27. The Balaban J connectivity index is 0.000000371. The van der Waals surface area contributed by atoms with Gasteiger partial charge >= 0.3 is 0 Å². The zero-order chi connectivity index (χ0) is 7.98. The SMILES string of the molecule is CC.CNN1CCCC1C. The zero-order valence-electron chi connectivity index (χ0n) is 7.65. The molecule has 0 spiro atoms. The Labute approximate surface area is 64.6 Å². The van der Waals surface area contributed by atoms with Gasteiger partial charge in [0.1, 0.15) is 0 Å². The van der Waals surface area contributed by atoms with Crippen LogP contribution in [0.4, 0.5) is 0 Å². The first kappa shape index (κ1) is 9.92. The topological polar surface area (TPSA) is 15.3 Å². The van der Waals surface area contributed by atoms with E-state index in [-0.39, 0.29) is 0 Å². The maximum Gasteiger partial charge on any atom is 0.0215 e. The summed E-state index contributed by atoms with van der Waals surface area (Å²) >= 11 is 0. The molecule has 2 heteroatoms. The molecule has 1 aliphatic heterocycles. The molecule has 62 valence electrons. The van der Waals surface area contributed by atoms with Crippen molar-refractivity contribution in [2.45, 2.75) is 39.7 Å². The Morgan fingerprint density at radius 3 is 2.20 bits per heavy atom. The van der Waals surface area contributed by atoms with E-state index in [0.29, 0.717) is 0 Å². The van der Waals surface area contributed by atoms with Gasteiger partial charge in [-0.25, -0.2) is 5.01 Å². The van der Waals surface area contributed by atoms with Crippen molar-refractivity contribution >= 4 is 0 Å². The summed E-state index contributed by atoms with van der Waals surface area (Å²) in [6.45, 7) is 7.47. The lowest BCUT2D eigenvalue weighted by atomic mass is 10.3. The number of rotatable bonds is 1. The number of hydrazine groups is 1. The van der Waals surface area contributed by atoms with Crippen LogP contribution in [-0.4, -0.2) is 24.6 Å². The van der Waals surface area contributed by atoms with Gasteiger partial charge in [-0.15, -0.1) is 0 Å². The Hall–Kier alpha value is -0.0800. The molecule has 1 atom stereocenters. The van der Waals surface area contributed by atoms with Gasteiger partial charge < -0.3 is 0 Å². The van der Waals surface area contributed by atoms with Crippen LogP contribution in [-0.2, 0) is 0 Å². The number of nitrogens with one attached hydrogen (secondary N) is 1. The maximum absolute atomic E-state index is 3.15. The van der Waals surface area contributed by atoms with E-state index in [1.54, 1.807) is 0 Å². The molecule has 0 bridgehead atoms. The Bertz CT molecular complexity index is 73.7. The second kappa shape index (κ2) is 5.69. The highest BCUT2D eigenvalue weighted by Gasteiger charge is 2.17. The quantitative estimate of drug-likeness (QED) is 0.601. The molecule has 1 aliphatic rings. The largest absolute Gasteiger partial charge is 0.258 e. The standard InChI is InChI=1S/C6H14N2.C2H6/c1-6-4-3-5-8(6)7-2;1-2/h6-7H,3-5H2,1-2H3;1-2H3. The van der Waals surface area contributed by atoms with Crippen LogP contribution < -0.4 is 5.43 Å². The van der Waals surface area contributed by atoms with Crippen LogP contribution in [0.2, 0.25) is 0 Å². The minimum atomic E-state index is 0.750. The smallest absolute Gasteiger partial charge is 0.0215 e. The van der Waals surface area contributed by atoms with E-state index in [9.17, 15) is 0 Å². The molecule has 0 radical (unpaired) electrons. The van der Waals surface area contributed by atoms with Crippen molar-refractivity contribution in [2.24, 2.45) is 0 Å². The summed E-state index contributed by atoms with van der Waals surface area (Å²) in [7, 11) is 1.99. The predicted octanol–water partition coefficient (Wildman–Crippen LogP) is 1.63. The van der Waals surface area contributed by atoms with Crippen molar-refractivity contribution in [1.29, 1.82) is 0 Å². The van der Waals surface area contributed by atoms with Crippen LogP contribution in [0.15, 0.2) is 0 Å². The first-order valence-electron chi connectivity index (χ1n) is 4.28. The van der Waals surface area contributed by atoms with E-state index in [4.69, 9.17) is 0 Å². The summed E-state index contributed by atoms with van der Waals surface area (Å²) in [4.78, 5) is 0. The summed E-state index contributed by atoms with van der Waals surface area (Å²) < 4.78 is 0. The first-order chi connectivity index (χ1) is 4.84. The van der Waals surface area contributed by atoms with Crippen molar-refractivity contribution in [1.82, 2.24) is 10.4 Å². The van der Waals surface area contributed by atoms with E-state index in [0.717, 1.165) is 6.04 Å². The molecular formula is C8H20N2. The Morgan fingerprint density at radius 2 is 2.00 bits per heavy atom. The van der Waals surface area contributed by atoms with Gasteiger partial charge in [-0.1, -0.05) is 13.8 Å². The van der Waals surface area contributed by atoms with Crippen molar-refractivity contribution in [3.05, 3.63) is 0 Å². The molecule has 1 rings (SSSR count). The molecule has 0 aromatic carbocycles. The van der Waals surface area contributed by atoms with Crippen LogP contribution in [0.1, 0.15) is 33.6 Å². The van der Waals surface area contributed by atoms with E-state index in [1.807, 2.05) is 20.9 Å². The Morgan fingerprint density at radius 1 is 1.40 bits per heavy atom. The van der Waals surface area contributed by atoms with Crippen LogP contribution in [0, 0.1) is 0 Å². The average molecular weight is 144 g/mol. The minimum Gasteiger partial charge on any atom is -0.258 e. The van der Waals surface area contributed by atoms with Crippen LogP contribution in [0.25, 0.3) is 0 Å². The van der Waals surface area contributed by atoms with Crippen molar-refractivity contribution in [2.75, 3.05) is 13.6 Å². The second-order valence-corrected chi connectivity index (χ2v) is 2.41. The molecule has 1 heterocycles. The van der Waals surface area contributed by atoms with E-state index >= 15 is 0 Å². The number of nitrogens with zero attached hydrogens (tertiary/aromatic N) is 1. The highest BCUT2D eigenvalue weighted by atomic mass is 15.5. The fourth-order valence-electron chi connectivity index (χ4n) is 1.27. The highest BCUT2D eigenvalue weighted by molar-refractivity contribution is 4.70. The maximum atomic E-state index is 3.15. The third-order valence-corrected chi connectivity index (χ3v) is 1.84. The number of hydrogen-bond acceptors (Lipinski definition) is 2. The molecule has 0 aromatic rings. The fraction of sp³-hybridized carbons (Fsp3) is 1.00. The summed E-state index contributed by atoms with van der Waals surface area (Å²) in [6, 6.07) is 0.750. The molecule has 0 aliphatic carbocycles. The van der Waals surface area contributed by atoms with Gasteiger partial charge in [0.2, 0.25) is 0 Å². The molecular weight excluding hydrogens is 124 g/mol. The third-order valence-electron chi connectivity index (χ3n) is 1.84. The normalized spacial score (nSPS) is 25.8. The molecule has 0 amide bonds. The monoisotopic (exact) mass is 144 g/mol. The summed E-state index contributed by atoms with van der Waals surface area (Å²) in [5.41, 5.74) is 3.15. The molecule has 1 unspecified atom stereocenters. The Kier molecular flexibility index (Phi) is 5.64. The molecule has 10 heavy (non-hydrogen) atoms. The zero-order valence-corrected chi connectivity index (χ0v) is 7.65. The second-order valence-electron chi connectivity index (χ2n) is 2.41. The first-order valence-corrected chi connectivity index (χ1v) is 4.28. The summed E-state index contributed by atoms with van der Waals surface area (Å²) in [5.74, 6) is 0. The van der Waals surface area contributed by atoms with Gasteiger partial charge in [0.15, 0.2) is 0 Å². The van der Waals surface area contributed by atoms with Gasteiger partial charge in [-0.3, -0.25) is 5.43 Å². The van der Waals surface area contributed by atoms with E-state index in [1.165, 1.54) is 19.4 Å². The summed E-state index contributed by atoms with van der Waals surface area (Å²) in [5, 5.41) is 2.28. The molecule has 1 saturated heterocycles. The van der Waals surface area contributed by atoms with Gasteiger partial charge in [0, 0.05) is 12.6 Å². The lowest BCUT2D eigenvalue weighted by Crippen LogP contribution is -2.37. The van der Waals surface area contributed by atoms with Crippen LogP contribution in [0.3, 0.4) is 0 Å². The summed E-state index contributed by atoms with van der Waals surface area (Å²) in [6.07, 6.45) is 2.70. The third kappa shape index (κ3) is 2.67. The molecule has 0 aromatic heterocycles. The van der Waals surface area contributed by atoms with Gasteiger partial charge in [-0.05, 0) is 26.8 Å². The van der Waals surface area contributed by atoms with Gasteiger partial charge in [0.05, 0.1) is 0 Å². The van der Waals surface area contributed by atoms with Crippen LogP contribution >= 0.6 is 0 Å². The van der Waals surface area contributed by atoms with Crippen molar-refractivity contribution < 1.29 is 0 Å². The van der Waals surface area contributed by atoms with Gasteiger partial charge in [-0.2, -0.15) is 0 Å². The van der Waals surface area contributed by atoms with Gasteiger partial charge in [0.25, 0.3) is 0 Å². The predicted molar refractivity (Wildman–Crippen MR) is 45.8 cm³/mol. The lowest BCUT2D eigenvalue weighted by Gasteiger charge is -2.18. The molecule has 1 fully saturated rings.